The second-order valence-corrected chi connectivity index (χ2v) is 22.9. The summed E-state index contributed by atoms with van der Waals surface area (Å²) in [6.45, 7) is 8.96. The number of hydrogen-bond donors (Lipinski definition) is 0. The Labute approximate surface area is 454 Å². The average molecular weight is 1050 g/mol. The Morgan fingerprint density at radius 2 is 0.581 bits per heavy atom. The van der Waals surface area contributed by atoms with E-state index in [0.717, 1.165) is 96.2 Å². The van der Waals surface area contributed by atoms with Gasteiger partial charge in [-0.15, -0.1) is 45.3 Å². The first-order chi connectivity index (χ1) is 36.6. The Balaban J connectivity index is 0.992. The lowest BCUT2D eigenvalue weighted by Crippen LogP contribution is -2.00. The number of thiophene rings is 4. The molecule has 3 aromatic carbocycles. The zero-order valence-corrected chi connectivity index (χ0v) is 46.2. The van der Waals surface area contributed by atoms with Gasteiger partial charge in [0, 0.05) is 17.1 Å². The number of aromatic nitrogens is 3. The van der Waals surface area contributed by atoms with Gasteiger partial charge in [-0.2, -0.15) is 0 Å². The maximum absolute atomic E-state index is 6.26. The maximum Gasteiger partial charge on any atom is 0.119 e. The van der Waals surface area contributed by atoms with E-state index >= 15 is 0 Å². The van der Waals surface area contributed by atoms with E-state index in [1.165, 1.54) is 98.4 Å². The van der Waals surface area contributed by atoms with E-state index in [9.17, 15) is 0 Å². The van der Waals surface area contributed by atoms with Crippen LogP contribution in [-0.2, 0) is 0 Å². The molecule has 10 heteroatoms. The van der Waals surface area contributed by atoms with E-state index in [2.05, 4.69) is 203 Å². The molecule has 0 saturated carbocycles. The highest BCUT2D eigenvalue weighted by atomic mass is 32.1. The van der Waals surface area contributed by atoms with Crippen molar-refractivity contribution in [3.63, 3.8) is 0 Å². The first-order valence-corrected chi connectivity index (χ1v) is 30.1. The largest absolute Gasteiger partial charge is 0.494 e. The lowest BCUT2D eigenvalue weighted by molar-refractivity contribution is 0.305. The average Bonchev–Trinajstić information content (AvgIpc) is 4.29. The van der Waals surface area contributed by atoms with Gasteiger partial charge in [0.1, 0.15) is 17.2 Å². The second kappa shape index (κ2) is 25.3. The number of rotatable bonds is 27. The molecule has 6 nitrogen and oxygen atoms in total. The lowest BCUT2D eigenvalue weighted by Gasteiger charge is -2.15. The molecule has 0 fully saturated rings. The van der Waals surface area contributed by atoms with E-state index in [0.29, 0.717) is 0 Å². The van der Waals surface area contributed by atoms with Gasteiger partial charge in [-0.05, 0) is 176 Å². The summed E-state index contributed by atoms with van der Waals surface area (Å²) in [7, 11) is 0. The molecule has 380 valence electrons. The number of benzene rings is 3. The third kappa shape index (κ3) is 12.0. The second-order valence-electron chi connectivity index (χ2n) is 18.8. The van der Waals surface area contributed by atoms with Crippen LogP contribution < -0.4 is 14.2 Å². The molecule has 10 aromatic rings. The van der Waals surface area contributed by atoms with Gasteiger partial charge in [0.15, 0.2) is 0 Å². The van der Waals surface area contributed by atoms with Crippen LogP contribution in [0.25, 0.3) is 80.5 Å². The van der Waals surface area contributed by atoms with Crippen molar-refractivity contribution in [1.82, 2.24) is 13.7 Å². The van der Waals surface area contributed by atoms with Crippen molar-refractivity contribution in [3.05, 3.63) is 168 Å². The molecule has 0 atom stereocenters. The molecular weight excluding hydrogens is 987 g/mol. The Kier molecular flexibility index (Phi) is 17.5. The molecule has 74 heavy (non-hydrogen) atoms. The smallest absolute Gasteiger partial charge is 0.119 e. The van der Waals surface area contributed by atoms with Crippen LogP contribution in [0, 0.1) is 0 Å². The molecule has 0 bridgehead atoms. The third-order valence-electron chi connectivity index (χ3n) is 13.5. The molecule has 0 spiro atoms. The van der Waals surface area contributed by atoms with Crippen molar-refractivity contribution in [1.29, 1.82) is 0 Å². The van der Waals surface area contributed by atoms with Crippen molar-refractivity contribution in [2.75, 3.05) is 19.8 Å². The number of nitrogens with zero attached hydrogens (tertiary/aromatic N) is 3. The van der Waals surface area contributed by atoms with Crippen LogP contribution in [0.15, 0.2) is 168 Å². The Bertz CT molecular complexity index is 3070. The summed E-state index contributed by atoms with van der Waals surface area (Å²) in [5.74, 6) is 2.73. The molecule has 7 heterocycles. The monoisotopic (exact) mass is 1050 g/mol. The van der Waals surface area contributed by atoms with Gasteiger partial charge >= 0.3 is 0 Å². The zero-order valence-electron chi connectivity index (χ0n) is 43.0. The summed E-state index contributed by atoms with van der Waals surface area (Å²) < 4.78 is 25.9. The van der Waals surface area contributed by atoms with Gasteiger partial charge in [-0.3, -0.25) is 0 Å². The van der Waals surface area contributed by atoms with Gasteiger partial charge in [-0.25, -0.2) is 0 Å². The van der Waals surface area contributed by atoms with Crippen LogP contribution >= 0.6 is 45.3 Å². The summed E-state index contributed by atoms with van der Waals surface area (Å²) >= 11 is 7.21. The lowest BCUT2D eigenvalue weighted by atomic mass is 10.2. The molecule has 0 aliphatic rings. The fraction of sp³-hybridized carbons (Fsp3) is 0.281. The fourth-order valence-electron chi connectivity index (χ4n) is 9.60. The number of hydrogen-bond acceptors (Lipinski definition) is 7. The van der Waals surface area contributed by atoms with Gasteiger partial charge in [0.05, 0.1) is 83.2 Å². The Morgan fingerprint density at radius 1 is 0.297 bits per heavy atom. The van der Waals surface area contributed by atoms with Crippen LogP contribution in [0.5, 0.6) is 17.2 Å². The summed E-state index contributed by atoms with van der Waals surface area (Å²) in [6, 6.07) is 57.5. The first-order valence-electron chi connectivity index (χ1n) is 26.7. The molecule has 0 saturated heterocycles. The predicted molar refractivity (Wildman–Crippen MR) is 317 cm³/mol. The van der Waals surface area contributed by atoms with Crippen molar-refractivity contribution in [2.24, 2.45) is 0 Å². The highest BCUT2D eigenvalue weighted by molar-refractivity contribution is 7.19. The topological polar surface area (TPSA) is 42.5 Å². The predicted octanol–water partition coefficient (Wildman–Crippen LogP) is 20.2. The summed E-state index contributed by atoms with van der Waals surface area (Å²) in [5, 5.41) is 4.31. The normalized spacial score (nSPS) is 11.4. The minimum atomic E-state index is 0.731. The van der Waals surface area contributed by atoms with Crippen LogP contribution in [0.3, 0.4) is 0 Å². The molecule has 7 aromatic heterocycles. The molecule has 0 aliphatic heterocycles. The van der Waals surface area contributed by atoms with E-state index in [1.54, 1.807) is 22.7 Å². The molecule has 0 aliphatic carbocycles. The van der Waals surface area contributed by atoms with Crippen molar-refractivity contribution in [2.45, 2.75) is 97.8 Å². The van der Waals surface area contributed by atoms with Crippen molar-refractivity contribution < 1.29 is 14.2 Å². The van der Waals surface area contributed by atoms with Gasteiger partial charge in [-0.1, -0.05) is 90.7 Å². The molecule has 10 rings (SSSR count). The minimum Gasteiger partial charge on any atom is -0.494 e. The van der Waals surface area contributed by atoms with Gasteiger partial charge in [0.25, 0.3) is 0 Å². The SMILES string of the molecule is CCCCCCOc1ccc(-n2c(-c3cccs3)ccc2-c2ccc(-c3ccc(-c4ccc(-c5ccc(-c6cccs6)n5-c5ccc(OCCCCCC)cc5)s4)n3-c3ccc(OCCCCCC)cc3)s2)cc1. The van der Waals surface area contributed by atoms with Gasteiger partial charge in [0.2, 0.25) is 0 Å². The number of unbranched alkanes of at least 4 members (excludes halogenated alkanes) is 9. The van der Waals surface area contributed by atoms with Gasteiger partial charge < -0.3 is 27.9 Å². The first kappa shape index (κ1) is 51.2. The van der Waals surface area contributed by atoms with Crippen LogP contribution in [0.2, 0.25) is 0 Å². The summed E-state index contributed by atoms with van der Waals surface area (Å²) in [5.41, 5.74) is 10.3. The highest BCUT2D eigenvalue weighted by Crippen LogP contribution is 2.45. The minimum absolute atomic E-state index is 0.731. The number of ether oxygens (including phenoxy) is 3. The van der Waals surface area contributed by atoms with Crippen molar-refractivity contribution in [3.8, 4) is 97.7 Å². The van der Waals surface area contributed by atoms with E-state index in [4.69, 9.17) is 14.2 Å². The maximum atomic E-state index is 6.26. The van der Waals surface area contributed by atoms with E-state index < -0.39 is 0 Å². The van der Waals surface area contributed by atoms with Crippen molar-refractivity contribution >= 4 is 45.3 Å². The molecule has 0 amide bonds. The van der Waals surface area contributed by atoms with E-state index in [-0.39, 0.29) is 0 Å². The molecule has 0 radical (unpaired) electrons. The summed E-state index contributed by atoms with van der Waals surface area (Å²) in [6.07, 6.45) is 14.2. The Hall–Kier alpha value is -6.30. The summed E-state index contributed by atoms with van der Waals surface area (Å²) in [4.78, 5) is 7.26. The van der Waals surface area contributed by atoms with E-state index in [1.807, 2.05) is 22.7 Å². The molecule has 0 N–H and O–H groups in total. The van der Waals surface area contributed by atoms with Crippen LogP contribution in [0.4, 0.5) is 0 Å². The molecular formula is C64H67N3O3S4. The van der Waals surface area contributed by atoms with Crippen LogP contribution in [0.1, 0.15) is 97.8 Å². The Morgan fingerprint density at radius 3 is 0.838 bits per heavy atom. The fourth-order valence-corrected chi connectivity index (χ4v) is 13.2. The highest BCUT2D eigenvalue weighted by Gasteiger charge is 2.22. The molecule has 0 unspecified atom stereocenters. The zero-order chi connectivity index (χ0) is 50.5. The quantitative estimate of drug-likeness (QED) is 0.0482. The standard InChI is InChI=1S/C64H67N3O3S4/c1-4-7-10-13-42-68-50-26-20-47(21-27-50)65-53(59-18-16-45-71-59)32-34-55(65)61-38-40-63(73-61)57-36-37-58(67(57)49-24-30-52(31-25-49)70-44-15-12-9-6-3)64-41-39-62(74-64)56-35-33-54(60-19-17-46-72-60)66(56)48-22-28-51(29-23-48)69-43-14-11-8-5-2/h16-41,45-46H,4-15,42-44H2,1-3H3. The third-order valence-corrected chi connectivity index (χ3v) is 17.5. The van der Waals surface area contributed by atoms with Crippen LogP contribution in [-0.4, -0.2) is 33.5 Å².